The summed E-state index contributed by atoms with van der Waals surface area (Å²) in [5.41, 5.74) is 2.60. The number of benzene rings is 1. The second-order valence-corrected chi connectivity index (χ2v) is 4.81. The van der Waals surface area contributed by atoms with Crippen LogP contribution < -0.4 is 0 Å². The van der Waals surface area contributed by atoms with Gasteiger partial charge in [-0.2, -0.15) is 0 Å². The molecule has 0 spiro atoms. The van der Waals surface area contributed by atoms with Crippen LogP contribution >= 0.6 is 0 Å². The van der Waals surface area contributed by atoms with E-state index in [1.54, 1.807) is 0 Å². The fraction of sp³-hybridized carbons (Fsp3) is 0.467. The van der Waals surface area contributed by atoms with E-state index in [0.717, 1.165) is 32.6 Å². The summed E-state index contributed by atoms with van der Waals surface area (Å²) in [7, 11) is 0. The lowest BCUT2D eigenvalue weighted by Gasteiger charge is -2.23. The Morgan fingerprint density at radius 2 is 2.00 bits per heavy atom. The molecule has 0 aliphatic carbocycles. The Hall–Kier alpha value is -1.32. The summed E-state index contributed by atoms with van der Waals surface area (Å²) in [6.45, 7) is 4.76. The first-order valence-electron chi connectivity index (χ1n) is 6.63. The number of hydrogen-bond acceptors (Lipinski definition) is 2. The van der Waals surface area contributed by atoms with Crippen molar-refractivity contribution in [3.05, 3.63) is 36.0 Å². The molecule has 3 heteroatoms. The molecule has 1 saturated heterocycles. The molecule has 1 aromatic carbocycles. The van der Waals surface area contributed by atoms with E-state index in [-0.39, 0.29) is 6.29 Å². The third-order valence-electron chi connectivity index (χ3n) is 3.50. The van der Waals surface area contributed by atoms with Crippen molar-refractivity contribution in [1.82, 2.24) is 4.57 Å². The van der Waals surface area contributed by atoms with Crippen LogP contribution in [-0.2, 0) is 16.0 Å². The van der Waals surface area contributed by atoms with Gasteiger partial charge in [0.2, 0.25) is 0 Å². The number of ether oxygens (including phenoxy) is 2. The van der Waals surface area contributed by atoms with Gasteiger partial charge in [0.05, 0.1) is 13.2 Å². The number of aromatic nitrogens is 1. The van der Waals surface area contributed by atoms with E-state index in [0.29, 0.717) is 0 Å². The van der Waals surface area contributed by atoms with Crippen LogP contribution in [0, 0.1) is 6.92 Å². The van der Waals surface area contributed by atoms with Gasteiger partial charge < -0.3 is 14.0 Å². The average Bonchev–Trinajstić information content (AvgIpc) is 2.73. The molecular formula is C15H19NO2. The predicted octanol–water partition coefficient (Wildman–Crippen LogP) is 3.10. The number of fused-ring (bicyclic) bond motifs is 1. The van der Waals surface area contributed by atoms with E-state index in [9.17, 15) is 0 Å². The van der Waals surface area contributed by atoms with Crippen LogP contribution in [0.5, 0.6) is 0 Å². The lowest BCUT2D eigenvalue weighted by molar-refractivity contribution is -0.182. The monoisotopic (exact) mass is 245 g/mol. The maximum absolute atomic E-state index is 5.59. The standard InChI is InChI=1S/C15H19NO2/c1-12-11-13-5-2-3-6-14(13)16(12)8-7-15-17-9-4-10-18-15/h2-3,5-6,11,15H,4,7-10H2,1H3. The summed E-state index contributed by atoms with van der Waals surface area (Å²) in [6, 6.07) is 10.7. The van der Waals surface area contributed by atoms with Crippen LogP contribution in [0.1, 0.15) is 18.5 Å². The van der Waals surface area contributed by atoms with Crippen LogP contribution in [0.3, 0.4) is 0 Å². The molecule has 1 fully saturated rings. The summed E-state index contributed by atoms with van der Waals surface area (Å²) in [5, 5.41) is 1.31. The van der Waals surface area contributed by atoms with Crippen molar-refractivity contribution in [3.8, 4) is 0 Å². The first kappa shape index (κ1) is 11.8. The summed E-state index contributed by atoms with van der Waals surface area (Å²) in [4.78, 5) is 0. The molecule has 1 aliphatic rings. The molecule has 3 rings (SSSR count). The van der Waals surface area contributed by atoms with Crippen molar-refractivity contribution < 1.29 is 9.47 Å². The third-order valence-corrected chi connectivity index (χ3v) is 3.50. The van der Waals surface area contributed by atoms with Gasteiger partial charge in [0.1, 0.15) is 0 Å². The highest BCUT2D eigenvalue weighted by Crippen LogP contribution is 2.20. The quantitative estimate of drug-likeness (QED) is 0.829. The Morgan fingerprint density at radius 1 is 1.22 bits per heavy atom. The van der Waals surface area contributed by atoms with Gasteiger partial charge in [-0.25, -0.2) is 0 Å². The van der Waals surface area contributed by atoms with E-state index in [1.165, 1.54) is 16.6 Å². The molecule has 0 atom stereocenters. The summed E-state index contributed by atoms with van der Waals surface area (Å²) in [6.07, 6.45) is 1.90. The average molecular weight is 245 g/mol. The minimum atomic E-state index is -0.0284. The first-order valence-corrected chi connectivity index (χ1v) is 6.63. The van der Waals surface area contributed by atoms with E-state index < -0.39 is 0 Å². The Kier molecular flexibility index (Phi) is 3.35. The highest BCUT2D eigenvalue weighted by Gasteiger charge is 2.15. The second kappa shape index (κ2) is 5.12. The molecule has 1 aliphatic heterocycles. The van der Waals surface area contributed by atoms with Crippen LogP contribution in [-0.4, -0.2) is 24.1 Å². The zero-order valence-corrected chi connectivity index (χ0v) is 10.8. The van der Waals surface area contributed by atoms with E-state index in [1.807, 2.05) is 0 Å². The Balaban J connectivity index is 1.75. The second-order valence-electron chi connectivity index (χ2n) is 4.81. The molecule has 1 aromatic heterocycles. The SMILES string of the molecule is Cc1cc2ccccc2n1CCC1OCCCO1. The Morgan fingerprint density at radius 3 is 2.83 bits per heavy atom. The van der Waals surface area contributed by atoms with Crippen molar-refractivity contribution in [2.75, 3.05) is 13.2 Å². The van der Waals surface area contributed by atoms with Crippen molar-refractivity contribution in [2.24, 2.45) is 0 Å². The lowest BCUT2D eigenvalue weighted by Crippen LogP contribution is -2.26. The van der Waals surface area contributed by atoms with E-state index in [2.05, 4.69) is 41.8 Å². The molecule has 0 unspecified atom stereocenters. The molecule has 3 nitrogen and oxygen atoms in total. The largest absolute Gasteiger partial charge is 0.353 e. The van der Waals surface area contributed by atoms with E-state index in [4.69, 9.17) is 9.47 Å². The number of hydrogen-bond donors (Lipinski definition) is 0. The fourth-order valence-corrected chi connectivity index (χ4v) is 2.58. The molecule has 0 saturated carbocycles. The molecule has 2 heterocycles. The zero-order chi connectivity index (χ0) is 12.4. The van der Waals surface area contributed by atoms with Gasteiger partial charge in [-0.3, -0.25) is 0 Å². The molecule has 18 heavy (non-hydrogen) atoms. The summed E-state index contributed by atoms with van der Waals surface area (Å²) in [5.74, 6) is 0. The van der Waals surface area contributed by atoms with Crippen molar-refractivity contribution >= 4 is 10.9 Å². The van der Waals surface area contributed by atoms with Gasteiger partial charge >= 0.3 is 0 Å². The van der Waals surface area contributed by atoms with Gasteiger partial charge in [0.25, 0.3) is 0 Å². The molecular weight excluding hydrogens is 226 g/mol. The van der Waals surface area contributed by atoms with Gasteiger partial charge in [-0.15, -0.1) is 0 Å². The normalized spacial score (nSPS) is 17.4. The van der Waals surface area contributed by atoms with Crippen LogP contribution in [0.2, 0.25) is 0 Å². The van der Waals surface area contributed by atoms with Crippen molar-refractivity contribution in [1.29, 1.82) is 0 Å². The van der Waals surface area contributed by atoms with E-state index >= 15 is 0 Å². The lowest BCUT2D eigenvalue weighted by atomic mass is 10.2. The highest BCUT2D eigenvalue weighted by molar-refractivity contribution is 5.81. The maximum Gasteiger partial charge on any atom is 0.159 e. The van der Waals surface area contributed by atoms with Gasteiger partial charge in [-0.05, 0) is 30.9 Å². The Labute approximate surface area is 107 Å². The van der Waals surface area contributed by atoms with Crippen LogP contribution in [0.15, 0.2) is 30.3 Å². The van der Waals surface area contributed by atoms with Gasteiger partial charge in [-0.1, -0.05) is 18.2 Å². The Bertz CT molecular complexity index is 526. The fourth-order valence-electron chi connectivity index (χ4n) is 2.58. The number of nitrogens with zero attached hydrogens (tertiary/aromatic N) is 1. The van der Waals surface area contributed by atoms with Crippen molar-refractivity contribution in [2.45, 2.75) is 32.6 Å². The molecule has 0 radical (unpaired) electrons. The summed E-state index contributed by atoms with van der Waals surface area (Å²) < 4.78 is 13.5. The smallest absolute Gasteiger partial charge is 0.159 e. The van der Waals surface area contributed by atoms with Gasteiger partial charge in [0, 0.05) is 24.2 Å². The molecule has 0 N–H and O–H groups in total. The number of rotatable bonds is 3. The molecule has 0 bridgehead atoms. The first-order chi connectivity index (χ1) is 8.84. The van der Waals surface area contributed by atoms with Gasteiger partial charge in [0.15, 0.2) is 6.29 Å². The van der Waals surface area contributed by atoms with Crippen LogP contribution in [0.25, 0.3) is 10.9 Å². The zero-order valence-electron chi connectivity index (χ0n) is 10.8. The molecule has 0 amide bonds. The minimum absolute atomic E-state index is 0.0284. The maximum atomic E-state index is 5.59. The van der Waals surface area contributed by atoms with Crippen molar-refractivity contribution in [3.63, 3.8) is 0 Å². The summed E-state index contributed by atoms with van der Waals surface area (Å²) >= 11 is 0. The number of aryl methyl sites for hydroxylation is 2. The highest BCUT2D eigenvalue weighted by atomic mass is 16.7. The predicted molar refractivity (Wildman–Crippen MR) is 71.6 cm³/mol. The number of para-hydroxylation sites is 1. The third kappa shape index (κ3) is 2.28. The molecule has 2 aromatic rings. The minimum Gasteiger partial charge on any atom is -0.353 e. The topological polar surface area (TPSA) is 23.4 Å². The van der Waals surface area contributed by atoms with Crippen LogP contribution in [0.4, 0.5) is 0 Å². The molecule has 96 valence electrons.